The smallest absolute Gasteiger partial charge is 0.248 e. The van der Waals surface area contributed by atoms with Gasteiger partial charge < -0.3 is 5.32 Å². The third-order valence-electron chi connectivity index (χ3n) is 2.68. The molecule has 0 bridgehead atoms. The van der Waals surface area contributed by atoms with Crippen molar-refractivity contribution in [3.05, 3.63) is 69.7 Å². The van der Waals surface area contributed by atoms with Gasteiger partial charge in [-0.05, 0) is 30.7 Å². The lowest BCUT2D eigenvalue weighted by molar-refractivity contribution is -0.111. The van der Waals surface area contributed by atoms with Crippen LogP contribution in [0, 0.1) is 6.92 Å². The van der Waals surface area contributed by atoms with E-state index < -0.39 is 0 Å². The van der Waals surface area contributed by atoms with Crippen molar-refractivity contribution in [3.63, 3.8) is 0 Å². The van der Waals surface area contributed by atoms with E-state index in [9.17, 15) is 4.79 Å². The van der Waals surface area contributed by atoms with Crippen LogP contribution in [-0.4, -0.2) is 5.91 Å². The SMILES string of the molecule is Cc1cccc(/C=C/C(=O)Nc2cccc(Cl)c2Cl)c1. The number of carbonyl (C=O) groups excluding carboxylic acids is 1. The first-order valence-corrected chi connectivity index (χ1v) is 6.81. The minimum atomic E-state index is -0.254. The number of hydrogen-bond donors (Lipinski definition) is 1. The van der Waals surface area contributed by atoms with Crippen molar-refractivity contribution in [2.45, 2.75) is 6.92 Å². The summed E-state index contributed by atoms with van der Waals surface area (Å²) in [6.45, 7) is 2.00. The zero-order valence-corrected chi connectivity index (χ0v) is 12.4. The third kappa shape index (κ3) is 3.86. The van der Waals surface area contributed by atoms with Crippen LogP contribution in [0.15, 0.2) is 48.5 Å². The Morgan fingerprint density at radius 3 is 2.65 bits per heavy atom. The van der Waals surface area contributed by atoms with E-state index >= 15 is 0 Å². The number of benzene rings is 2. The maximum absolute atomic E-state index is 11.8. The van der Waals surface area contributed by atoms with Crippen LogP contribution in [0.3, 0.4) is 0 Å². The molecule has 2 aromatic carbocycles. The van der Waals surface area contributed by atoms with Gasteiger partial charge in [0.05, 0.1) is 15.7 Å². The summed E-state index contributed by atoms with van der Waals surface area (Å²) in [5.74, 6) is -0.254. The van der Waals surface area contributed by atoms with E-state index in [1.54, 1.807) is 24.3 Å². The normalized spacial score (nSPS) is 10.8. The van der Waals surface area contributed by atoms with Crippen molar-refractivity contribution >= 4 is 40.9 Å². The Kier molecular flexibility index (Phi) is 4.83. The maximum Gasteiger partial charge on any atom is 0.248 e. The molecule has 0 aliphatic rings. The van der Waals surface area contributed by atoms with Gasteiger partial charge in [0.15, 0.2) is 0 Å². The fourth-order valence-electron chi connectivity index (χ4n) is 1.72. The Bertz CT molecular complexity index is 665. The van der Waals surface area contributed by atoms with E-state index in [1.165, 1.54) is 6.08 Å². The van der Waals surface area contributed by atoms with Crippen molar-refractivity contribution in [1.29, 1.82) is 0 Å². The molecular formula is C16H13Cl2NO. The Morgan fingerprint density at radius 2 is 1.90 bits per heavy atom. The Hall–Kier alpha value is -1.77. The van der Waals surface area contributed by atoms with Gasteiger partial charge in [-0.2, -0.15) is 0 Å². The molecule has 2 aromatic rings. The van der Waals surface area contributed by atoms with Crippen molar-refractivity contribution in [2.24, 2.45) is 0 Å². The molecular weight excluding hydrogens is 293 g/mol. The largest absolute Gasteiger partial charge is 0.321 e. The van der Waals surface area contributed by atoms with E-state index in [4.69, 9.17) is 23.2 Å². The highest BCUT2D eigenvalue weighted by Crippen LogP contribution is 2.29. The van der Waals surface area contributed by atoms with Crippen LogP contribution in [0.25, 0.3) is 6.08 Å². The lowest BCUT2D eigenvalue weighted by Gasteiger charge is -2.05. The van der Waals surface area contributed by atoms with Gasteiger partial charge in [0.2, 0.25) is 5.91 Å². The lowest BCUT2D eigenvalue weighted by Crippen LogP contribution is -2.08. The number of hydrogen-bond acceptors (Lipinski definition) is 1. The first-order chi connectivity index (χ1) is 9.56. The third-order valence-corrected chi connectivity index (χ3v) is 3.50. The molecule has 0 spiro atoms. The molecule has 2 rings (SSSR count). The standard InChI is InChI=1S/C16H13Cl2NO/c1-11-4-2-5-12(10-11)8-9-15(20)19-14-7-3-6-13(17)16(14)18/h2-10H,1H3,(H,19,20)/b9-8+. The number of anilines is 1. The zero-order valence-electron chi connectivity index (χ0n) is 10.9. The fourth-order valence-corrected chi connectivity index (χ4v) is 2.07. The van der Waals surface area contributed by atoms with Gasteiger partial charge in [-0.1, -0.05) is 59.1 Å². The molecule has 0 heterocycles. The summed E-state index contributed by atoms with van der Waals surface area (Å²) in [6, 6.07) is 13.0. The lowest BCUT2D eigenvalue weighted by atomic mass is 10.1. The predicted molar refractivity (Wildman–Crippen MR) is 85.3 cm³/mol. The van der Waals surface area contributed by atoms with Gasteiger partial charge in [0.25, 0.3) is 0 Å². The summed E-state index contributed by atoms with van der Waals surface area (Å²) < 4.78 is 0. The van der Waals surface area contributed by atoms with Gasteiger partial charge in [-0.25, -0.2) is 0 Å². The minimum Gasteiger partial charge on any atom is -0.321 e. The van der Waals surface area contributed by atoms with Gasteiger partial charge in [-0.15, -0.1) is 0 Å². The number of amides is 1. The van der Waals surface area contributed by atoms with Crippen LogP contribution in [0.1, 0.15) is 11.1 Å². The van der Waals surface area contributed by atoms with Crippen molar-refractivity contribution in [2.75, 3.05) is 5.32 Å². The molecule has 0 fully saturated rings. The number of halogens is 2. The van der Waals surface area contributed by atoms with Crippen LogP contribution in [0.2, 0.25) is 10.0 Å². The molecule has 0 aromatic heterocycles. The summed E-state index contributed by atoms with van der Waals surface area (Å²) in [5, 5.41) is 3.44. The van der Waals surface area contributed by atoms with Crippen LogP contribution >= 0.6 is 23.2 Å². The zero-order chi connectivity index (χ0) is 14.5. The molecule has 0 aliphatic heterocycles. The van der Waals surface area contributed by atoms with Crippen LogP contribution in [-0.2, 0) is 4.79 Å². The molecule has 0 aliphatic carbocycles. The van der Waals surface area contributed by atoms with E-state index in [0.29, 0.717) is 15.7 Å². The quantitative estimate of drug-likeness (QED) is 0.798. The topological polar surface area (TPSA) is 29.1 Å². The predicted octanol–water partition coefficient (Wildman–Crippen LogP) is 4.95. The number of aryl methyl sites for hydroxylation is 1. The average molecular weight is 306 g/mol. The molecule has 4 heteroatoms. The second kappa shape index (κ2) is 6.60. The first-order valence-electron chi connectivity index (χ1n) is 6.06. The van der Waals surface area contributed by atoms with Crippen LogP contribution < -0.4 is 5.32 Å². The Balaban J connectivity index is 2.08. The highest BCUT2D eigenvalue weighted by molar-refractivity contribution is 6.44. The number of rotatable bonds is 3. The second-order valence-electron chi connectivity index (χ2n) is 4.34. The highest BCUT2D eigenvalue weighted by Gasteiger charge is 2.05. The maximum atomic E-state index is 11.8. The van der Waals surface area contributed by atoms with E-state index in [2.05, 4.69) is 5.32 Å². The van der Waals surface area contributed by atoms with Crippen LogP contribution in [0.5, 0.6) is 0 Å². The van der Waals surface area contributed by atoms with Crippen molar-refractivity contribution in [1.82, 2.24) is 0 Å². The molecule has 1 N–H and O–H groups in total. The number of carbonyl (C=O) groups is 1. The molecule has 0 unspecified atom stereocenters. The summed E-state index contributed by atoms with van der Waals surface area (Å²) in [4.78, 5) is 11.8. The summed E-state index contributed by atoms with van der Waals surface area (Å²) in [6.07, 6.45) is 3.22. The van der Waals surface area contributed by atoms with Gasteiger partial charge in [0.1, 0.15) is 0 Å². The monoisotopic (exact) mass is 305 g/mol. The molecule has 0 radical (unpaired) electrons. The summed E-state index contributed by atoms with van der Waals surface area (Å²) in [5.41, 5.74) is 2.61. The summed E-state index contributed by atoms with van der Waals surface area (Å²) in [7, 11) is 0. The number of nitrogens with one attached hydrogen (secondary N) is 1. The average Bonchev–Trinajstić information content (AvgIpc) is 2.42. The van der Waals surface area contributed by atoms with Crippen molar-refractivity contribution < 1.29 is 4.79 Å². The highest BCUT2D eigenvalue weighted by atomic mass is 35.5. The van der Waals surface area contributed by atoms with E-state index in [0.717, 1.165) is 11.1 Å². The van der Waals surface area contributed by atoms with Crippen LogP contribution in [0.4, 0.5) is 5.69 Å². The first kappa shape index (κ1) is 14.6. The molecule has 102 valence electrons. The fraction of sp³-hybridized carbons (Fsp3) is 0.0625. The summed E-state index contributed by atoms with van der Waals surface area (Å²) >= 11 is 11.9. The van der Waals surface area contributed by atoms with Gasteiger partial charge in [0, 0.05) is 6.08 Å². The van der Waals surface area contributed by atoms with Gasteiger partial charge in [-0.3, -0.25) is 4.79 Å². The molecule has 2 nitrogen and oxygen atoms in total. The second-order valence-corrected chi connectivity index (χ2v) is 5.12. The molecule has 0 atom stereocenters. The molecule has 0 saturated heterocycles. The van der Waals surface area contributed by atoms with E-state index in [-0.39, 0.29) is 5.91 Å². The Labute approximate surface area is 128 Å². The van der Waals surface area contributed by atoms with E-state index in [1.807, 2.05) is 31.2 Å². The van der Waals surface area contributed by atoms with Crippen molar-refractivity contribution in [3.8, 4) is 0 Å². The minimum absolute atomic E-state index is 0.254. The Morgan fingerprint density at radius 1 is 1.15 bits per heavy atom. The van der Waals surface area contributed by atoms with Gasteiger partial charge >= 0.3 is 0 Å². The molecule has 0 saturated carbocycles. The molecule has 20 heavy (non-hydrogen) atoms. The molecule has 1 amide bonds.